The number of amides is 2. The molecular weight excluding hydrogens is 452 g/mol. The van der Waals surface area contributed by atoms with Crippen LogP contribution in [0.15, 0.2) is 58.5 Å². The molecule has 11 nitrogen and oxygen atoms in total. The molecule has 0 saturated carbocycles. The number of carbonyl (C=O) groups is 3. The molecule has 0 atom stereocenters. The van der Waals surface area contributed by atoms with Gasteiger partial charge in [-0.3, -0.25) is 9.59 Å². The zero-order valence-electron chi connectivity index (χ0n) is 18.3. The molecule has 2 rings (SSSR count). The summed E-state index contributed by atoms with van der Waals surface area (Å²) in [4.78, 5) is 34.2. The van der Waals surface area contributed by atoms with Gasteiger partial charge in [0.1, 0.15) is 5.75 Å². The van der Waals surface area contributed by atoms with Crippen LogP contribution >= 0.6 is 0 Å². The van der Waals surface area contributed by atoms with Crippen molar-refractivity contribution >= 4 is 39.7 Å². The van der Waals surface area contributed by atoms with Gasteiger partial charge < -0.3 is 14.8 Å². The van der Waals surface area contributed by atoms with Gasteiger partial charge in [0, 0.05) is 19.7 Å². The summed E-state index contributed by atoms with van der Waals surface area (Å²) in [7, 11) is -1.38. The monoisotopic (exact) mass is 476 g/mol. The first-order valence-electron chi connectivity index (χ1n) is 9.57. The van der Waals surface area contributed by atoms with Gasteiger partial charge in [0.05, 0.1) is 24.8 Å². The number of anilines is 1. The van der Waals surface area contributed by atoms with Crippen LogP contribution in [0.5, 0.6) is 5.75 Å². The topological polar surface area (TPSA) is 143 Å². The Morgan fingerprint density at radius 1 is 1.06 bits per heavy atom. The van der Waals surface area contributed by atoms with Crippen molar-refractivity contribution in [2.45, 2.75) is 11.8 Å². The number of rotatable bonds is 10. The Balaban J connectivity index is 1.88. The third-order valence-corrected chi connectivity index (χ3v) is 5.93. The molecule has 2 aromatic carbocycles. The molecule has 2 aromatic rings. The first-order valence-corrected chi connectivity index (χ1v) is 11.0. The van der Waals surface area contributed by atoms with Gasteiger partial charge in [-0.15, -0.1) is 0 Å². The van der Waals surface area contributed by atoms with Crippen molar-refractivity contribution in [3.63, 3.8) is 0 Å². The van der Waals surface area contributed by atoms with E-state index in [-0.39, 0.29) is 17.4 Å². The fraction of sp³-hybridized carbons (Fsp3) is 0.238. The van der Waals surface area contributed by atoms with E-state index < -0.39 is 28.4 Å². The summed E-state index contributed by atoms with van der Waals surface area (Å²) in [5, 5.41) is 6.35. The average Bonchev–Trinajstić information content (AvgIpc) is 2.78. The van der Waals surface area contributed by atoms with E-state index in [9.17, 15) is 22.8 Å². The highest BCUT2D eigenvalue weighted by Crippen LogP contribution is 2.17. The lowest BCUT2D eigenvalue weighted by molar-refractivity contribution is -0.142. The van der Waals surface area contributed by atoms with Gasteiger partial charge >= 0.3 is 5.97 Å². The van der Waals surface area contributed by atoms with Gasteiger partial charge in [0.15, 0.2) is 6.61 Å². The number of sulfonamides is 1. The van der Waals surface area contributed by atoms with Crippen molar-refractivity contribution in [3.05, 3.63) is 54.1 Å². The number of likely N-dealkylation sites (N-methyl/N-ethyl adjacent to an activating group) is 1. The van der Waals surface area contributed by atoms with E-state index in [2.05, 4.69) is 20.6 Å². The highest BCUT2D eigenvalue weighted by atomic mass is 32.2. The summed E-state index contributed by atoms with van der Waals surface area (Å²) in [5.41, 5.74) is 3.36. The molecule has 0 aliphatic heterocycles. The van der Waals surface area contributed by atoms with E-state index in [1.807, 2.05) is 0 Å². The van der Waals surface area contributed by atoms with Crippen LogP contribution in [0.1, 0.15) is 12.5 Å². The number of hydrogen-bond acceptors (Lipinski definition) is 8. The maximum atomic E-state index is 12.6. The smallest absolute Gasteiger partial charge is 0.343 e. The zero-order valence-corrected chi connectivity index (χ0v) is 19.1. The molecule has 0 heterocycles. The third kappa shape index (κ3) is 8.01. The largest absolute Gasteiger partial charge is 0.482 e. The fourth-order valence-electron chi connectivity index (χ4n) is 2.45. The quantitative estimate of drug-likeness (QED) is 0.295. The SMILES string of the molecule is COC(=O)COc1ccc(/C=N/NC(=O)CN(C)S(=O)(=O)c2ccc(NC(C)=O)cc2)cc1. The Kier molecular flexibility index (Phi) is 9.07. The van der Waals surface area contributed by atoms with E-state index in [1.54, 1.807) is 24.3 Å². The van der Waals surface area contributed by atoms with Gasteiger partial charge in [0.25, 0.3) is 5.91 Å². The van der Waals surface area contributed by atoms with E-state index in [1.165, 1.54) is 51.6 Å². The Morgan fingerprint density at radius 3 is 2.27 bits per heavy atom. The predicted octanol–water partition coefficient (Wildman–Crippen LogP) is 0.968. The minimum absolute atomic E-state index is 0.0232. The predicted molar refractivity (Wildman–Crippen MR) is 120 cm³/mol. The Labute approximate surface area is 191 Å². The fourth-order valence-corrected chi connectivity index (χ4v) is 3.57. The van der Waals surface area contributed by atoms with Gasteiger partial charge in [-0.2, -0.15) is 9.41 Å². The van der Waals surface area contributed by atoms with Gasteiger partial charge in [0.2, 0.25) is 15.9 Å². The molecule has 0 spiro atoms. The molecule has 0 aliphatic rings. The molecule has 2 N–H and O–H groups in total. The summed E-state index contributed by atoms with van der Waals surface area (Å²) in [6.07, 6.45) is 1.37. The minimum atomic E-state index is -3.91. The second kappa shape index (κ2) is 11.7. The number of carbonyl (C=O) groups excluding carboxylic acids is 3. The lowest BCUT2D eigenvalue weighted by atomic mass is 10.2. The first-order chi connectivity index (χ1) is 15.6. The summed E-state index contributed by atoms with van der Waals surface area (Å²) in [6, 6.07) is 12.1. The lowest BCUT2D eigenvalue weighted by Crippen LogP contribution is -2.36. The molecule has 0 aliphatic carbocycles. The molecular formula is C21H24N4O7S. The van der Waals surface area contributed by atoms with Gasteiger partial charge in [-0.25, -0.2) is 18.6 Å². The Bertz CT molecular complexity index is 1110. The van der Waals surface area contributed by atoms with Crippen molar-refractivity contribution in [2.24, 2.45) is 5.10 Å². The van der Waals surface area contributed by atoms with Crippen LogP contribution in [-0.2, 0) is 29.1 Å². The van der Waals surface area contributed by atoms with E-state index in [0.717, 1.165) is 4.31 Å². The summed E-state index contributed by atoms with van der Waals surface area (Å²) < 4.78 is 35.8. The summed E-state index contributed by atoms with van der Waals surface area (Å²) >= 11 is 0. The molecule has 12 heteroatoms. The number of methoxy groups -OCH3 is 1. The maximum Gasteiger partial charge on any atom is 0.343 e. The highest BCUT2D eigenvalue weighted by Gasteiger charge is 2.22. The Morgan fingerprint density at radius 2 is 1.70 bits per heavy atom. The second-order valence-corrected chi connectivity index (χ2v) is 8.74. The molecule has 0 bridgehead atoms. The van der Waals surface area contributed by atoms with E-state index in [0.29, 0.717) is 17.0 Å². The van der Waals surface area contributed by atoms with Crippen LogP contribution in [0.2, 0.25) is 0 Å². The highest BCUT2D eigenvalue weighted by molar-refractivity contribution is 7.89. The number of hydrogen-bond donors (Lipinski definition) is 2. The van der Waals surface area contributed by atoms with E-state index in [4.69, 9.17) is 4.74 Å². The van der Waals surface area contributed by atoms with Crippen LogP contribution in [-0.4, -0.2) is 64.0 Å². The average molecular weight is 477 g/mol. The summed E-state index contributed by atoms with van der Waals surface area (Å²) in [6.45, 7) is 0.681. The summed E-state index contributed by atoms with van der Waals surface area (Å²) in [5.74, 6) is -0.955. The Hall–Kier alpha value is -3.77. The van der Waals surface area contributed by atoms with Crippen LogP contribution in [0.4, 0.5) is 5.69 Å². The number of nitrogens with one attached hydrogen (secondary N) is 2. The molecule has 176 valence electrons. The molecule has 33 heavy (non-hydrogen) atoms. The molecule has 2 amide bonds. The van der Waals surface area contributed by atoms with Crippen LogP contribution in [0, 0.1) is 0 Å². The maximum absolute atomic E-state index is 12.6. The number of nitrogens with zero attached hydrogens (tertiary/aromatic N) is 2. The number of benzene rings is 2. The van der Waals surface area contributed by atoms with Crippen molar-refractivity contribution in [2.75, 3.05) is 32.6 Å². The van der Waals surface area contributed by atoms with Crippen molar-refractivity contribution < 1.29 is 32.3 Å². The molecule has 0 fully saturated rings. The number of hydrazone groups is 1. The van der Waals surface area contributed by atoms with Crippen molar-refractivity contribution in [3.8, 4) is 5.75 Å². The number of ether oxygens (including phenoxy) is 2. The molecule has 0 saturated heterocycles. The van der Waals surface area contributed by atoms with Crippen LogP contribution < -0.4 is 15.5 Å². The van der Waals surface area contributed by atoms with Gasteiger partial charge in [-0.1, -0.05) is 0 Å². The first kappa shape index (κ1) is 25.5. The van der Waals surface area contributed by atoms with Crippen molar-refractivity contribution in [1.82, 2.24) is 9.73 Å². The van der Waals surface area contributed by atoms with Crippen molar-refractivity contribution in [1.29, 1.82) is 0 Å². The third-order valence-electron chi connectivity index (χ3n) is 4.12. The standard InChI is InChI=1S/C21H24N4O7S/c1-15(26)23-17-6-10-19(11-7-17)33(29,30)25(2)13-20(27)24-22-12-16-4-8-18(9-5-16)32-14-21(28)31-3/h4-12H,13-14H2,1-3H3,(H,23,26)(H,24,27)/b22-12+. The molecule has 0 aromatic heterocycles. The minimum Gasteiger partial charge on any atom is -0.482 e. The zero-order chi connectivity index (χ0) is 24.4. The molecule has 0 radical (unpaired) electrons. The number of esters is 1. The van der Waals surface area contributed by atoms with E-state index >= 15 is 0 Å². The normalized spacial score (nSPS) is 11.3. The second-order valence-electron chi connectivity index (χ2n) is 6.69. The van der Waals surface area contributed by atoms with Crippen LogP contribution in [0.25, 0.3) is 0 Å². The molecule has 0 unspecified atom stereocenters. The van der Waals surface area contributed by atoms with Crippen LogP contribution in [0.3, 0.4) is 0 Å². The van der Waals surface area contributed by atoms with Gasteiger partial charge in [-0.05, 0) is 54.1 Å². The lowest BCUT2D eigenvalue weighted by Gasteiger charge is -2.16.